The van der Waals surface area contributed by atoms with E-state index in [-0.39, 0.29) is 12.6 Å². The van der Waals surface area contributed by atoms with Gasteiger partial charge in [0, 0.05) is 6.04 Å². The van der Waals surface area contributed by atoms with Crippen LogP contribution in [0.2, 0.25) is 0 Å². The van der Waals surface area contributed by atoms with Gasteiger partial charge in [0.2, 0.25) is 0 Å². The summed E-state index contributed by atoms with van der Waals surface area (Å²) in [6, 6.07) is 8.09. The zero-order valence-corrected chi connectivity index (χ0v) is 10.3. The van der Waals surface area contributed by atoms with E-state index in [9.17, 15) is 0 Å². The summed E-state index contributed by atoms with van der Waals surface area (Å²) in [4.78, 5) is 0. The molecule has 1 aromatic carbocycles. The second kappa shape index (κ2) is 8.06. The topological polar surface area (TPSA) is 64.7 Å². The largest absolute Gasteiger partial charge is 0.491 e. The number of hydrogen-bond acceptors (Lipinski definition) is 4. The monoisotopic (exact) mass is 239 g/mol. The fraction of sp³-hybridized carbons (Fsp3) is 0.538. The molecular weight excluding hydrogens is 218 g/mol. The van der Waals surface area contributed by atoms with Crippen molar-refractivity contribution in [3.63, 3.8) is 0 Å². The predicted molar refractivity (Wildman–Crippen MR) is 67.2 cm³/mol. The van der Waals surface area contributed by atoms with Crippen molar-refractivity contribution in [3.8, 4) is 5.75 Å². The third-order valence-electron chi connectivity index (χ3n) is 2.21. The highest BCUT2D eigenvalue weighted by Crippen LogP contribution is 2.13. The molecule has 4 nitrogen and oxygen atoms in total. The van der Waals surface area contributed by atoms with Crippen LogP contribution in [0, 0.1) is 0 Å². The van der Waals surface area contributed by atoms with Gasteiger partial charge in [-0.15, -0.1) is 0 Å². The summed E-state index contributed by atoms with van der Waals surface area (Å²) in [5.74, 6) is 0.825. The molecule has 0 fully saturated rings. The fourth-order valence-corrected chi connectivity index (χ4v) is 1.48. The molecule has 0 spiro atoms. The van der Waals surface area contributed by atoms with Gasteiger partial charge in [0.1, 0.15) is 12.4 Å². The van der Waals surface area contributed by atoms with E-state index in [1.165, 1.54) is 5.56 Å². The lowest BCUT2D eigenvalue weighted by Gasteiger charge is -2.08. The normalized spacial score (nSPS) is 12.4. The number of nitrogens with two attached hydrogens (primary N) is 1. The zero-order chi connectivity index (χ0) is 12.5. The summed E-state index contributed by atoms with van der Waals surface area (Å²) >= 11 is 0. The number of benzene rings is 1. The van der Waals surface area contributed by atoms with Gasteiger partial charge in [-0.25, -0.2) is 0 Å². The maximum Gasteiger partial charge on any atom is 0.119 e. The maximum absolute atomic E-state index is 8.51. The lowest BCUT2D eigenvalue weighted by Crippen LogP contribution is -2.17. The molecule has 0 aromatic heterocycles. The van der Waals surface area contributed by atoms with E-state index in [2.05, 4.69) is 0 Å². The Hall–Kier alpha value is -1.10. The van der Waals surface area contributed by atoms with Crippen molar-refractivity contribution in [1.82, 2.24) is 0 Å². The molecule has 1 rings (SSSR count). The molecule has 1 aromatic rings. The first kappa shape index (κ1) is 14.0. The second-order valence-electron chi connectivity index (χ2n) is 4.01. The van der Waals surface area contributed by atoms with Crippen LogP contribution in [-0.2, 0) is 11.2 Å². The van der Waals surface area contributed by atoms with Gasteiger partial charge in [-0.05, 0) is 31.0 Å². The van der Waals surface area contributed by atoms with Crippen molar-refractivity contribution in [1.29, 1.82) is 0 Å². The molecule has 0 saturated carbocycles. The van der Waals surface area contributed by atoms with Crippen LogP contribution < -0.4 is 10.5 Å². The highest BCUT2D eigenvalue weighted by molar-refractivity contribution is 5.27. The minimum Gasteiger partial charge on any atom is -0.491 e. The van der Waals surface area contributed by atoms with Gasteiger partial charge >= 0.3 is 0 Å². The fourth-order valence-electron chi connectivity index (χ4n) is 1.48. The first-order valence-electron chi connectivity index (χ1n) is 5.88. The van der Waals surface area contributed by atoms with Crippen molar-refractivity contribution in [3.05, 3.63) is 29.8 Å². The second-order valence-corrected chi connectivity index (χ2v) is 4.01. The first-order chi connectivity index (χ1) is 8.22. The van der Waals surface area contributed by atoms with Gasteiger partial charge < -0.3 is 20.3 Å². The van der Waals surface area contributed by atoms with Crippen LogP contribution in [0.1, 0.15) is 12.5 Å². The van der Waals surface area contributed by atoms with E-state index in [1.54, 1.807) is 0 Å². The van der Waals surface area contributed by atoms with Crippen LogP contribution in [0.5, 0.6) is 5.75 Å². The van der Waals surface area contributed by atoms with E-state index in [1.807, 2.05) is 31.2 Å². The van der Waals surface area contributed by atoms with Gasteiger partial charge in [0.15, 0.2) is 0 Å². The third-order valence-corrected chi connectivity index (χ3v) is 2.21. The van der Waals surface area contributed by atoms with E-state index in [4.69, 9.17) is 20.3 Å². The molecule has 3 N–H and O–H groups in total. The SMILES string of the molecule is CC(N)Cc1ccc(OCCOCCO)cc1. The number of ether oxygens (including phenoxy) is 2. The summed E-state index contributed by atoms with van der Waals surface area (Å²) < 4.78 is 10.6. The zero-order valence-electron chi connectivity index (χ0n) is 10.3. The molecule has 0 amide bonds. The molecule has 0 aliphatic carbocycles. The summed E-state index contributed by atoms with van der Waals surface area (Å²) in [7, 11) is 0. The number of aliphatic hydroxyl groups is 1. The molecular formula is C13H21NO3. The smallest absolute Gasteiger partial charge is 0.119 e. The molecule has 0 aliphatic heterocycles. The van der Waals surface area contributed by atoms with Crippen molar-refractivity contribution < 1.29 is 14.6 Å². The number of aliphatic hydroxyl groups excluding tert-OH is 1. The predicted octanol–water partition coefficient (Wildman–Crippen LogP) is 0.964. The Morgan fingerprint density at radius 3 is 2.47 bits per heavy atom. The maximum atomic E-state index is 8.51. The Bertz CT molecular complexity index is 298. The van der Waals surface area contributed by atoms with E-state index < -0.39 is 0 Å². The summed E-state index contributed by atoms with van der Waals surface area (Å²) in [6.45, 7) is 3.38. The molecule has 17 heavy (non-hydrogen) atoms. The van der Waals surface area contributed by atoms with Gasteiger partial charge in [-0.3, -0.25) is 0 Å². The Labute approximate surface area is 102 Å². The number of rotatable bonds is 8. The summed E-state index contributed by atoms with van der Waals surface area (Å²) in [5.41, 5.74) is 6.93. The molecule has 0 radical (unpaired) electrons. The van der Waals surface area contributed by atoms with Gasteiger partial charge in [0.25, 0.3) is 0 Å². The van der Waals surface area contributed by atoms with Gasteiger partial charge in [-0.2, -0.15) is 0 Å². The first-order valence-corrected chi connectivity index (χ1v) is 5.88. The van der Waals surface area contributed by atoms with Crippen LogP contribution in [-0.4, -0.2) is 37.6 Å². The molecule has 1 atom stereocenters. The Kier molecular flexibility index (Phi) is 6.62. The highest BCUT2D eigenvalue weighted by atomic mass is 16.5. The molecule has 1 unspecified atom stereocenters. The Morgan fingerprint density at radius 1 is 1.18 bits per heavy atom. The minimum absolute atomic E-state index is 0.0476. The molecule has 0 bridgehead atoms. The van der Waals surface area contributed by atoms with Crippen molar-refractivity contribution >= 4 is 0 Å². The van der Waals surface area contributed by atoms with Crippen molar-refractivity contribution in [2.45, 2.75) is 19.4 Å². The molecule has 0 aliphatic rings. The Morgan fingerprint density at radius 2 is 1.88 bits per heavy atom. The van der Waals surface area contributed by atoms with E-state index in [0.29, 0.717) is 19.8 Å². The average molecular weight is 239 g/mol. The quantitative estimate of drug-likeness (QED) is 0.663. The van der Waals surface area contributed by atoms with Crippen molar-refractivity contribution in [2.75, 3.05) is 26.4 Å². The van der Waals surface area contributed by atoms with Crippen molar-refractivity contribution in [2.24, 2.45) is 5.73 Å². The Balaban J connectivity index is 2.25. The standard InChI is InChI=1S/C13H21NO3/c1-11(14)10-12-2-4-13(5-3-12)17-9-8-16-7-6-15/h2-5,11,15H,6-10,14H2,1H3. The van der Waals surface area contributed by atoms with Crippen LogP contribution in [0.25, 0.3) is 0 Å². The van der Waals surface area contributed by atoms with Crippen LogP contribution in [0.4, 0.5) is 0 Å². The van der Waals surface area contributed by atoms with E-state index >= 15 is 0 Å². The lowest BCUT2D eigenvalue weighted by atomic mass is 10.1. The molecule has 0 heterocycles. The summed E-state index contributed by atoms with van der Waals surface area (Å²) in [6.07, 6.45) is 0.875. The summed E-state index contributed by atoms with van der Waals surface area (Å²) in [5, 5.41) is 8.51. The molecule has 96 valence electrons. The lowest BCUT2D eigenvalue weighted by molar-refractivity contribution is 0.0705. The molecule has 0 saturated heterocycles. The minimum atomic E-state index is 0.0476. The third kappa shape index (κ3) is 6.26. The highest BCUT2D eigenvalue weighted by Gasteiger charge is 1.99. The molecule has 4 heteroatoms. The van der Waals surface area contributed by atoms with Crippen LogP contribution in [0.3, 0.4) is 0 Å². The van der Waals surface area contributed by atoms with Gasteiger partial charge in [0.05, 0.1) is 19.8 Å². The number of hydrogen-bond donors (Lipinski definition) is 2. The van der Waals surface area contributed by atoms with Gasteiger partial charge in [-0.1, -0.05) is 12.1 Å². The van der Waals surface area contributed by atoms with Crippen LogP contribution in [0.15, 0.2) is 24.3 Å². The van der Waals surface area contributed by atoms with Crippen LogP contribution >= 0.6 is 0 Å². The average Bonchev–Trinajstić information content (AvgIpc) is 2.30. The van der Waals surface area contributed by atoms with E-state index in [0.717, 1.165) is 12.2 Å².